The van der Waals surface area contributed by atoms with Crippen molar-refractivity contribution in [3.63, 3.8) is 0 Å². The zero-order valence-electron chi connectivity index (χ0n) is 12.7. The first-order valence-corrected chi connectivity index (χ1v) is 7.67. The maximum Gasteiger partial charge on any atom is 0.161 e. The van der Waals surface area contributed by atoms with Crippen molar-refractivity contribution in [1.29, 1.82) is 0 Å². The molecule has 1 heterocycles. The molecule has 3 aromatic carbocycles. The molecule has 1 aliphatic rings. The van der Waals surface area contributed by atoms with E-state index in [-0.39, 0.29) is 0 Å². The van der Waals surface area contributed by atoms with Gasteiger partial charge in [-0.25, -0.2) is 0 Å². The Morgan fingerprint density at radius 1 is 0.739 bits per heavy atom. The van der Waals surface area contributed by atoms with E-state index in [0.29, 0.717) is 6.73 Å². The Morgan fingerprint density at radius 3 is 2.26 bits per heavy atom. The molecule has 0 amide bonds. The summed E-state index contributed by atoms with van der Waals surface area (Å²) < 4.78 is 11.6. The number of hydrogen-bond donors (Lipinski definition) is 0. The monoisotopic (exact) mass is 303 g/mol. The molecular weight excluding hydrogens is 286 g/mol. The molecule has 0 bridgehead atoms. The molecule has 0 spiro atoms. The molecule has 0 atom stereocenters. The van der Waals surface area contributed by atoms with Gasteiger partial charge < -0.3 is 14.4 Å². The van der Waals surface area contributed by atoms with E-state index in [2.05, 4.69) is 23.1 Å². The fourth-order valence-corrected chi connectivity index (χ4v) is 2.69. The van der Waals surface area contributed by atoms with Crippen LogP contribution in [0.3, 0.4) is 0 Å². The van der Waals surface area contributed by atoms with Crippen molar-refractivity contribution >= 4 is 5.69 Å². The Bertz CT molecular complexity index is 784. The number of nitrogens with zero attached hydrogens (tertiary/aromatic N) is 1. The summed E-state index contributed by atoms with van der Waals surface area (Å²) in [6, 6.07) is 26.1. The average Bonchev–Trinajstić information content (AvgIpc) is 2.63. The first-order chi connectivity index (χ1) is 11.4. The lowest BCUT2D eigenvalue weighted by molar-refractivity contribution is 0.289. The third-order valence-corrected chi connectivity index (χ3v) is 3.89. The van der Waals surface area contributed by atoms with Gasteiger partial charge in [-0.1, -0.05) is 36.4 Å². The number of para-hydroxylation sites is 2. The molecule has 1 aliphatic heterocycles. The summed E-state index contributed by atoms with van der Waals surface area (Å²) in [5.41, 5.74) is 2.34. The summed E-state index contributed by atoms with van der Waals surface area (Å²) in [4.78, 5) is 2.20. The molecule has 0 saturated carbocycles. The Hall–Kier alpha value is -2.94. The van der Waals surface area contributed by atoms with Gasteiger partial charge in [0.1, 0.15) is 17.2 Å². The Kier molecular flexibility index (Phi) is 3.60. The highest BCUT2D eigenvalue weighted by atomic mass is 16.5. The third kappa shape index (κ3) is 2.99. The molecule has 0 fully saturated rings. The summed E-state index contributed by atoms with van der Waals surface area (Å²) in [5.74, 6) is 2.65. The van der Waals surface area contributed by atoms with E-state index in [9.17, 15) is 0 Å². The molecule has 0 aliphatic carbocycles. The minimum atomic E-state index is 0.565. The van der Waals surface area contributed by atoms with Gasteiger partial charge >= 0.3 is 0 Å². The molecule has 3 aromatic rings. The van der Waals surface area contributed by atoms with Crippen molar-refractivity contribution in [2.24, 2.45) is 0 Å². The zero-order valence-corrected chi connectivity index (χ0v) is 12.7. The van der Waals surface area contributed by atoms with Crippen molar-refractivity contribution in [1.82, 2.24) is 0 Å². The van der Waals surface area contributed by atoms with Crippen LogP contribution in [0.25, 0.3) is 0 Å². The minimum Gasteiger partial charge on any atom is -0.473 e. The van der Waals surface area contributed by atoms with Crippen LogP contribution in [0, 0.1) is 0 Å². The number of anilines is 1. The summed E-state index contributed by atoms with van der Waals surface area (Å²) >= 11 is 0. The first-order valence-electron chi connectivity index (χ1n) is 7.67. The van der Waals surface area contributed by atoms with Gasteiger partial charge in [0.05, 0.1) is 0 Å². The molecule has 23 heavy (non-hydrogen) atoms. The quantitative estimate of drug-likeness (QED) is 0.691. The molecule has 0 unspecified atom stereocenters. The lowest BCUT2D eigenvalue weighted by atomic mass is 10.1. The van der Waals surface area contributed by atoms with Crippen LogP contribution in [0.2, 0.25) is 0 Å². The second-order valence-electron chi connectivity index (χ2n) is 5.49. The normalized spacial score (nSPS) is 13.1. The van der Waals surface area contributed by atoms with Crippen molar-refractivity contribution in [3.8, 4) is 17.2 Å². The number of fused-ring (bicyclic) bond motifs is 1. The maximum absolute atomic E-state index is 5.83. The van der Waals surface area contributed by atoms with Crippen LogP contribution in [0.1, 0.15) is 5.56 Å². The molecule has 4 rings (SSSR count). The molecule has 114 valence electrons. The summed E-state index contributed by atoms with van der Waals surface area (Å²) in [7, 11) is 0. The van der Waals surface area contributed by atoms with Crippen LogP contribution in [0.4, 0.5) is 5.69 Å². The second kappa shape index (κ2) is 6.05. The number of ether oxygens (including phenoxy) is 2. The molecule has 0 aromatic heterocycles. The average molecular weight is 303 g/mol. The number of benzene rings is 3. The van der Waals surface area contributed by atoms with E-state index in [1.807, 2.05) is 60.7 Å². The van der Waals surface area contributed by atoms with Crippen LogP contribution >= 0.6 is 0 Å². The minimum absolute atomic E-state index is 0.565. The highest BCUT2D eigenvalue weighted by molar-refractivity contribution is 5.52. The van der Waals surface area contributed by atoms with Gasteiger partial charge in [-0.15, -0.1) is 0 Å². The van der Waals surface area contributed by atoms with Gasteiger partial charge in [0.15, 0.2) is 6.73 Å². The molecule has 0 saturated heterocycles. The van der Waals surface area contributed by atoms with Gasteiger partial charge in [0.2, 0.25) is 0 Å². The fourth-order valence-electron chi connectivity index (χ4n) is 2.69. The highest BCUT2D eigenvalue weighted by Crippen LogP contribution is 2.29. The molecule has 3 heteroatoms. The van der Waals surface area contributed by atoms with Crippen LogP contribution in [0.15, 0.2) is 78.9 Å². The van der Waals surface area contributed by atoms with Gasteiger partial charge in [0, 0.05) is 17.8 Å². The van der Waals surface area contributed by atoms with Crippen LogP contribution < -0.4 is 14.4 Å². The van der Waals surface area contributed by atoms with E-state index in [1.165, 1.54) is 5.56 Å². The smallest absolute Gasteiger partial charge is 0.161 e. The largest absolute Gasteiger partial charge is 0.473 e. The van der Waals surface area contributed by atoms with E-state index in [0.717, 1.165) is 29.5 Å². The zero-order chi connectivity index (χ0) is 15.5. The molecule has 0 N–H and O–H groups in total. The van der Waals surface area contributed by atoms with Gasteiger partial charge in [0.25, 0.3) is 0 Å². The van der Waals surface area contributed by atoms with E-state index in [4.69, 9.17) is 9.47 Å². The van der Waals surface area contributed by atoms with Crippen molar-refractivity contribution in [3.05, 3.63) is 84.4 Å². The van der Waals surface area contributed by atoms with Crippen LogP contribution in [-0.4, -0.2) is 6.73 Å². The van der Waals surface area contributed by atoms with Crippen molar-refractivity contribution < 1.29 is 9.47 Å². The van der Waals surface area contributed by atoms with Crippen LogP contribution in [0.5, 0.6) is 17.2 Å². The summed E-state index contributed by atoms with van der Waals surface area (Å²) in [6.45, 7) is 1.42. The number of rotatable bonds is 3. The van der Waals surface area contributed by atoms with E-state index < -0.39 is 0 Å². The second-order valence-corrected chi connectivity index (χ2v) is 5.49. The Labute approximate surface area is 135 Å². The SMILES string of the molecule is c1ccc(Oc2ccc(N3COc4ccccc4C3)cc2)cc1. The number of hydrogen-bond acceptors (Lipinski definition) is 3. The highest BCUT2D eigenvalue weighted by Gasteiger charge is 2.16. The predicted octanol–water partition coefficient (Wildman–Crippen LogP) is 4.84. The first kappa shape index (κ1) is 13.7. The Morgan fingerprint density at radius 2 is 1.43 bits per heavy atom. The van der Waals surface area contributed by atoms with Gasteiger partial charge in [-0.2, -0.15) is 0 Å². The van der Waals surface area contributed by atoms with Crippen molar-refractivity contribution in [2.45, 2.75) is 6.54 Å². The maximum atomic E-state index is 5.83. The van der Waals surface area contributed by atoms with Crippen molar-refractivity contribution in [2.75, 3.05) is 11.6 Å². The predicted molar refractivity (Wildman–Crippen MR) is 91.1 cm³/mol. The van der Waals surface area contributed by atoms with Crippen LogP contribution in [-0.2, 0) is 6.54 Å². The fraction of sp³-hybridized carbons (Fsp3) is 0.100. The van der Waals surface area contributed by atoms with E-state index in [1.54, 1.807) is 0 Å². The van der Waals surface area contributed by atoms with E-state index >= 15 is 0 Å². The third-order valence-electron chi connectivity index (χ3n) is 3.89. The molecular formula is C20H17NO2. The topological polar surface area (TPSA) is 21.7 Å². The lowest BCUT2D eigenvalue weighted by Gasteiger charge is -2.30. The molecule has 3 nitrogen and oxygen atoms in total. The summed E-state index contributed by atoms with van der Waals surface area (Å²) in [5, 5.41) is 0. The van der Waals surface area contributed by atoms with Gasteiger partial charge in [-0.05, 0) is 42.5 Å². The standard InChI is InChI=1S/C20H17NO2/c1-2-7-18(8-3-1)23-19-12-10-17(11-13-19)21-14-16-6-4-5-9-20(16)22-15-21/h1-13H,14-15H2. The summed E-state index contributed by atoms with van der Waals surface area (Å²) in [6.07, 6.45) is 0. The lowest BCUT2D eigenvalue weighted by Crippen LogP contribution is -2.31. The van der Waals surface area contributed by atoms with Gasteiger partial charge in [-0.3, -0.25) is 0 Å². The molecule has 0 radical (unpaired) electrons. The Balaban J connectivity index is 1.49.